The number of anilines is 1. The number of rotatable bonds is 9. The van der Waals surface area contributed by atoms with Crippen LogP contribution < -0.4 is 5.32 Å². The molecule has 2 rings (SSSR count). The van der Waals surface area contributed by atoms with Crippen LogP contribution in [0.3, 0.4) is 0 Å². The van der Waals surface area contributed by atoms with Gasteiger partial charge in [0.2, 0.25) is 5.91 Å². The van der Waals surface area contributed by atoms with E-state index in [2.05, 4.69) is 5.32 Å². The highest BCUT2D eigenvalue weighted by atomic mass is 32.2. The lowest BCUT2D eigenvalue weighted by Crippen LogP contribution is -2.43. The molecule has 0 saturated carbocycles. The Hall–Kier alpha value is -2.62. The molecule has 9 nitrogen and oxygen atoms in total. The molecule has 2 amide bonds. The molecule has 0 radical (unpaired) electrons. The molecule has 1 aromatic rings. The molecule has 0 unspecified atom stereocenters. The first-order chi connectivity index (χ1) is 15.9. The number of nitrogens with zero attached hydrogens (tertiary/aromatic N) is 1. The van der Waals surface area contributed by atoms with Crippen molar-refractivity contribution in [2.24, 2.45) is 0 Å². The third-order valence-electron chi connectivity index (χ3n) is 5.18. The molecule has 10 heteroatoms. The maximum atomic E-state index is 12.5. The fourth-order valence-corrected chi connectivity index (χ4v) is 4.69. The highest BCUT2D eigenvalue weighted by Crippen LogP contribution is 2.19. The van der Waals surface area contributed by atoms with Gasteiger partial charge in [-0.1, -0.05) is 19.8 Å². The van der Waals surface area contributed by atoms with Gasteiger partial charge in [-0.2, -0.15) is 0 Å². The second kappa shape index (κ2) is 12.2. The van der Waals surface area contributed by atoms with Gasteiger partial charge in [-0.3, -0.25) is 4.79 Å². The van der Waals surface area contributed by atoms with Crippen LogP contribution in [0.2, 0.25) is 0 Å². The maximum absolute atomic E-state index is 12.5. The molecule has 1 aliphatic heterocycles. The van der Waals surface area contributed by atoms with Crippen LogP contribution in [0.5, 0.6) is 0 Å². The van der Waals surface area contributed by atoms with Gasteiger partial charge in [0.1, 0.15) is 17.5 Å². The van der Waals surface area contributed by atoms with E-state index in [0.29, 0.717) is 43.6 Å². The van der Waals surface area contributed by atoms with Crippen LogP contribution in [-0.2, 0) is 24.1 Å². The quantitative estimate of drug-likeness (QED) is 0.408. The molecule has 0 aliphatic carbocycles. The van der Waals surface area contributed by atoms with Crippen LogP contribution >= 0.6 is 0 Å². The van der Waals surface area contributed by atoms with Crippen molar-refractivity contribution in [3.05, 3.63) is 29.8 Å². The Bertz CT molecular complexity index is 945. The Kier molecular flexibility index (Phi) is 9.90. The summed E-state index contributed by atoms with van der Waals surface area (Å²) in [5.74, 6) is -1.67. The molecular weight excluding hydrogens is 460 g/mol. The Labute approximate surface area is 202 Å². The van der Waals surface area contributed by atoms with Gasteiger partial charge in [-0.05, 0) is 51.5 Å². The maximum Gasteiger partial charge on any atom is 0.410 e. The minimum Gasteiger partial charge on any atom is -0.459 e. The van der Waals surface area contributed by atoms with E-state index < -0.39 is 33.1 Å². The SMILES string of the molecule is CCCCCS(=O)(=O)CC(=O)Nc1ccc(C(=O)OC2CCN(C(=O)OC(C)(C)C)CC2)cc1. The number of nitrogens with one attached hydrogen (secondary N) is 1. The normalized spacial score (nSPS) is 15.0. The van der Waals surface area contributed by atoms with Gasteiger partial charge in [0.05, 0.1) is 11.3 Å². The predicted octanol–water partition coefficient (Wildman–Crippen LogP) is 3.79. The number of hydrogen-bond acceptors (Lipinski definition) is 7. The molecule has 1 saturated heterocycles. The average molecular weight is 497 g/mol. The van der Waals surface area contributed by atoms with Gasteiger partial charge in [-0.15, -0.1) is 0 Å². The fraction of sp³-hybridized carbons (Fsp3) is 0.625. The van der Waals surface area contributed by atoms with Crippen molar-refractivity contribution in [1.82, 2.24) is 4.90 Å². The first-order valence-corrected chi connectivity index (χ1v) is 13.5. The zero-order valence-electron chi connectivity index (χ0n) is 20.5. The number of ether oxygens (including phenoxy) is 2. The summed E-state index contributed by atoms with van der Waals surface area (Å²) in [5, 5.41) is 2.55. The Morgan fingerprint density at radius 2 is 1.68 bits per heavy atom. The summed E-state index contributed by atoms with van der Waals surface area (Å²) in [6, 6.07) is 6.10. The summed E-state index contributed by atoms with van der Waals surface area (Å²) in [6.45, 7) is 8.30. The highest BCUT2D eigenvalue weighted by Gasteiger charge is 2.28. The van der Waals surface area contributed by atoms with Crippen LogP contribution in [0.1, 0.15) is 70.2 Å². The van der Waals surface area contributed by atoms with E-state index in [1.54, 1.807) is 4.90 Å². The molecule has 1 aliphatic rings. The van der Waals surface area contributed by atoms with Crippen molar-refractivity contribution in [2.75, 3.05) is 29.9 Å². The summed E-state index contributed by atoms with van der Waals surface area (Å²) in [5.41, 5.74) is 0.158. The van der Waals surface area contributed by atoms with Gasteiger partial charge < -0.3 is 19.7 Å². The summed E-state index contributed by atoms with van der Waals surface area (Å²) in [6.07, 6.45) is 2.62. The van der Waals surface area contributed by atoms with Crippen LogP contribution in [0, 0.1) is 0 Å². The van der Waals surface area contributed by atoms with Gasteiger partial charge >= 0.3 is 12.1 Å². The fourth-order valence-electron chi connectivity index (χ4n) is 3.43. The van der Waals surface area contributed by atoms with Crippen molar-refractivity contribution in [1.29, 1.82) is 0 Å². The number of esters is 1. The van der Waals surface area contributed by atoms with Crippen LogP contribution in [-0.4, -0.2) is 67.6 Å². The molecule has 1 aromatic carbocycles. The number of sulfone groups is 1. The molecule has 0 atom stereocenters. The minimum atomic E-state index is -3.45. The largest absolute Gasteiger partial charge is 0.459 e. The first-order valence-electron chi connectivity index (χ1n) is 11.7. The number of likely N-dealkylation sites (tertiary alicyclic amines) is 1. The van der Waals surface area contributed by atoms with Crippen molar-refractivity contribution >= 4 is 33.5 Å². The van der Waals surface area contributed by atoms with E-state index in [9.17, 15) is 22.8 Å². The van der Waals surface area contributed by atoms with Crippen molar-refractivity contribution in [2.45, 2.75) is 71.5 Å². The molecule has 34 heavy (non-hydrogen) atoms. The van der Waals surface area contributed by atoms with Crippen LogP contribution in [0.4, 0.5) is 10.5 Å². The van der Waals surface area contributed by atoms with Gasteiger partial charge in [0.15, 0.2) is 9.84 Å². The predicted molar refractivity (Wildman–Crippen MR) is 129 cm³/mol. The van der Waals surface area contributed by atoms with E-state index in [1.165, 1.54) is 24.3 Å². The van der Waals surface area contributed by atoms with Crippen molar-refractivity contribution in [3.63, 3.8) is 0 Å². The zero-order chi connectivity index (χ0) is 25.4. The first kappa shape index (κ1) is 27.6. The van der Waals surface area contributed by atoms with E-state index in [1.807, 2.05) is 27.7 Å². The van der Waals surface area contributed by atoms with E-state index in [4.69, 9.17) is 9.47 Å². The molecule has 1 N–H and O–H groups in total. The van der Waals surface area contributed by atoms with Gasteiger partial charge in [-0.25, -0.2) is 18.0 Å². The number of hydrogen-bond donors (Lipinski definition) is 1. The summed E-state index contributed by atoms with van der Waals surface area (Å²) in [7, 11) is -3.45. The molecule has 1 fully saturated rings. The number of carbonyl (C=O) groups excluding carboxylic acids is 3. The monoisotopic (exact) mass is 496 g/mol. The number of benzene rings is 1. The second-order valence-corrected chi connectivity index (χ2v) is 11.7. The number of carbonyl (C=O) groups is 3. The number of piperidine rings is 1. The van der Waals surface area contributed by atoms with E-state index in [-0.39, 0.29) is 18.0 Å². The van der Waals surface area contributed by atoms with Crippen LogP contribution in [0.15, 0.2) is 24.3 Å². The van der Waals surface area contributed by atoms with E-state index >= 15 is 0 Å². The van der Waals surface area contributed by atoms with Crippen LogP contribution in [0.25, 0.3) is 0 Å². The van der Waals surface area contributed by atoms with Gasteiger partial charge in [0.25, 0.3) is 0 Å². The summed E-state index contributed by atoms with van der Waals surface area (Å²) < 4.78 is 34.9. The van der Waals surface area contributed by atoms with Crippen molar-refractivity contribution in [3.8, 4) is 0 Å². The smallest absolute Gasteiger partial charge is 0.410 e. The molecule has 190 valence electrons. The highest BCUT2D eigenvalue weighted by molar-refractivity contribution is 7.92. The molecule has 0 spiro atoms. The minimum absolute atomic E-state index is 0.00423. The third kappa shape index (κ3) is 9.70. The Morgan fingerprint density at radius 1 is 1.06 bits per heavy atom. The topological polar surface area (TPSA) is 119 Å². The summed E-state index contributed by atoms with van der Waals surface area (Å²) >= 11 is 0. The molecule has 0 bridgehead atoms. The lowest BCUT2D eigenvalue weighted by atomic mass is 10.1. The average Bonchev–Trinajstić information content (AvgIpc) is 2.73. The standard InChI is InChI=1S/C24H36N2O7S/c1-5-6-7-16-34(30,31)17-21(27)25-19-10-8-18(9-11-19)22(28)32-20-12-14-26(15-13-20)23(29)33-24(2,3)4/h8-11,20H,5-7,12-17H2,1-4H3,(H,25,27). The third-order valence-corrected chi connectivity index (χ3v) is 6.79. The van der Waals surface area contributed by atoms with Gasteiger partial charge in [0, 0.05) is 31.6 Å². The molecule has 0 aromatic heterocycles. The lowest BCUT2D eigenvalue weighted by Gasteiger charge is -2.33. The molecule has 1 heterocycles. The Balaban J connectivity index is 1.80. The summed E-state index contributed by atoms with van der Waals surface area (Å²) in [4.78, 5) is 38.3. The van der Waals surface area contributed by atoms with Crippen molar-refractivity contribution < 1.29 is 32.3 Å². The lowest BCUT2D eigenvalue weighted by molar-refractivity contribution is -0.113. The second-order valence-electron chi connectivity index (χ2n) is 9.50. The van der Waals surface area contributed by atoms with E-state index in [0.717, 1.165) is 12.8 Å². The number of unbranched alkanes of at least 4 members (excludes halogenated alkanes) is 2. The zero-order valence-corrected chi connectivity index (χ0v) is 21.3. The number of amides is 2. The molecular formula is C24H36N2O7S. The Morgan fingerprint density at radius 3 is 2.24 bits per heavy atom.